The molecule has 0 radical (unpaired) electrons. The maximum atomic E-state index is 14.0. The van der Waals surface area contributed by atoms with Crippen molar-refractivity contribution in [2.45, 2.75) is 6.42 Å². The summed E-state index contributed by atoms with van der Waals surface area (Å²) in [4.78, 5) is 14.6. The van der Waals surface area contributed by atoms with Crippen molar-refractivity contribution >= 4 is 33.4 Å². The van der Waals surface area contributed by atoms with Gasteiger partial charge in [-0.1, -0.05) is 0 Å². The van der Waals surface area contributed by atoms with Gasteiger partial charge in [0, 0.05) is 49.5 Å². The number of fused-ring (bicyclic) bond motifs is 1. The second kappa shape index (κ2) is 9.51. The number of ether oxygens (including phenoxy) is 1. The van der Waals surface area contributed by atoms with E-state index in [1.54, 1.807) is 18.3 Å². The van der Waals surface area contributed by atoms with Gasteiger partial charge in [-0.2, -0.15) is 0 Å². The molecule has 33 heavy (non-hydrogen) atoms. The average molecular weight is 488 g/mol. The second-order valence-electron chi connectivity index (χ2n) is 7.33. The lowest BCUT2D eigenvalue weighted by Crippen LogP contribution is -2.44. The number of halogens is 1. The number of hydrogen-bond donors (Lipinski definition) is 2. The maximum Gasteiger partial charge on any atom is 0.223 e. The second-order valence-corrected chi connectivity index (χ2v) is 9.51. The largest absolute Gasteiger partial charge is 0.494 e. The van der Waals surface area contributed by atoms with Crippen molar-refractivity contribution < 1.29 is 13.3 Å². The molecule has 1 unspecified atom stereocenters. The Kier molecular flexibility index (Phi) is 6.31. The molecule has 0 amide bonds. The van der Waals surface area contributed by atoms with Gasteiger partial charge < -0.3 is 10.1 Å². The van der Waals surface area contributed by atoms with Gasteiger partial charge in [0.2, 0.25) is 5.95 Å². The highest BCUT2D eigenvalue weighted by atomic mass is 32.2. The maximum absolute atomic E-state index is 14.0. The van der Waals surface area contributed by atoms with Gasteiger partial charge in [0.15, 0.2) is 27.7 Å². The molecule has 9 nitrogen and oxygen atoms in total. The molecule has 4 heterocycles. The molecule has 12 heteroatoms. The molecule has 1 atom stereocenters. The van der Waals surface area contributed by atoms with Crippen molar-refractivity contribution in [3.8, 4) is 28.4 Å². The average Bonchev–Trinajstić information content (AvgIpc) is 3.42. The minimum Gasteiger partial charge on any atom is -0.494 e. The molecular weight excluding hydrogens is 465 g/mol. The summed E-state index contributed by atoms with van der Waals surface area (Å²) in [5.74, 6) is 0.197. The van der Waals surface area contributed by atoms with Crippen molar-refractivity contribution in [3.63, 3.8) is 0 Å². The number of nitrogens with one attached hydrogen (secondary N) is 2. The van der Waals surface area contributed by atoms with E-state index in [2.05, 4.69) is 15.0 Å². The van der Waals surface area contributed by atoms with Crippen LogP contribution in [-0.4, -0.2) is 61.2 Å². The first-order valence-corrected chi connectivity index (χ1v) is 12.4. The molecule has 2 N–H and O–H groups in total. The van der Waals surface area contributed by atoms with E-state index in [0.29, 0.717) is 30.4 Å². The first-order chi connectivity index (χ1) is 16.1. The highest BCUT2D eigenvalue weighted by Gasteiger charge is 2.20. The van der Waals surface area contributed by atoms with Crippen molar-refractivity contribution in [3.05, 3.63) is 47.9 Å². The fourth-order valence-corrected chi connectivity index (χ4v) is 5.46. The van der Waals surface area contributed by atoms with Crippen LogP contribution in [0.2, 0.25) is 0 Å². The van der Waals surface area contributed by atoms with Gasteiger partial charge in [-0.25, -0.2) is 32.6 Å². The molecule has 1 fully saturated rings. The number of nitrogens with zero attached hydrogens (tertiary/aromatic N) is 5. The predicted octanol–water partition coefficient (Wildman–Crippen LogP) is 2.95. The zero-order chi connectivity index (χ0) is 22.8. The lowest BCUT2D eigenvalue weighted by molar-refractivity contribution is 0.387. The van der Waals surface area contributed by atoms with Crippen LogP contribution in [0.4, 0.5) is 10.3 Å². The highest BCUT2D eigenvalue weighted by Crippen LogP contribution is 2.35. The summed E-state index contributed by atoms with van der Waals surface area (Å²) in [5.41, 5.74) is 2.87. The van der Waals surface area contributed by atoms with Crippen LogP contribution in [0.5, 0.6) is 5.75 Å². The molecule has 0 spiro atoms. The third-order valence-corrected chi connectivity index (χ3v) is 7.32. The Bertz CT molecular complexity index is 1310. The van der Waals surface area contributed by atoms with Gasteiger partial charge >= 0.3 is 0 Å². The molecule has 172 valence electrons. The lowest BCUT2D eigenvalue weighted by Gasteiger charge is -2.25. The Hall–Kier alpha value is -2.93. The van der Waals surface area contributed by atoms with Gasteiger partial charge in [-0.05, 0) is 30.7 Å². The van der Waals surface area contributed by atoms with Crippen LogP contribution < -0.4 is 14.8 Å². The SMILES string of the molecule is COc1cc(-c2nc3sccn3c2-c2ccnc(NCCN3CCCNS3=O)n2)ccc1F. The first-order valence-electron chi connectivity index (χ1n) is 10.4. The molecule has 1 aromatic carbocycles. The van der Waals surface area contributed by atoms with Gasteiger partial charge in [-0.3, -0.25) is 4.40 Å². The van der Waals surface area contributed by atoms with Crippen LogP contribution in [0.3, 0.4) is 0 Å². The van der Waals surface area contributed by atoms with Crippen molar-refractivity contribution in [2.75, 3.05) is 38.6 Å². The summed E-state index contributed by atoms with van der Waals surface area (Å²) in [6, 6.07) is 6.51. The Morgan fingerprint density at radius 1 is 1.33 bits per heavy atom. The third-order valence-electron chi connectivity index (χ3n) is 5.27. The van der Waals surface area contributed by atoms with E-state index in [1.807, 2.05) is 26.3 Å². The van der Waals surface area contributed by atoms with E-state index in [4.69, 9.17) is 14.7 Å². The minimum absolute atomic E-state index is 0.157. The van der Waals surface area contributed by atoms with Crippen LogP contribution in [-0.2, 0) is 11.2 Å². The Balaban J connectivity index is 1.44. The van der Waals surface area contributed by atoms with Crippen LogP contribution in [0.25, 0.3) is 27.6 Å². The predicted molar refractivity (Wildman–Crippen MR) is 127 cm³/mol. The third kappa shape index (κ3) is 4.47. The number of hydrogen-bond acceptors (Lipinski definition) is 7. The lowest BCUT2D eigenvalue weighted by atomic mass is 10.1. The zero-order valence-electron chi connectivity index (χ0n) is 17.8. The molecule has 0 bridgehead atoms. The molecule has 5 rings (SSSR count). The van der Waals surface area contributed by atoms with E-state index in [0.717, 1.165) is 35.7 Å². The molecule has 1 aliphatic heterocycles. The topological polar surface area (TPSA) is 96.7 Å². The van der Waals surface area contributed by atoms with E-state index >= 15 is 0 Å². The number of anilines is 1. The molecule has 1 saturated heterocycles. The summed E-state index contributed by atoms with van der Waals surface area (Å²) >= 11 is 0.357. The first kappa shape index (κ1) is 21.9. The number of methoxy groups -OCH3 is 1. The van der Waals surface area contributed by atoms with E-state index in [-0.39, 0.29) is 5.75 Å². The Labute approximate surface area is 196 Å². The van der Waals surface area contributed by atoms with Crippen molar-refractivity contribution in [1.29, 1.82) is 0 Å². The summed E-state index contributed by atoms with van der Waals surface area (Å²) in [6.45, 7) is 2.72. The number of thiazole rings is 1. The van der Waals surface area contributed by atoms with Gasteiger partial charge in [-0.15, -0.1) is 11.3 Å². The molecule has 4 aromatic rings. The van der Waals surface area contributed by atoms with Crippen molar-refractivity contribution in [1.82, 2.24) is 28.4 Å². The monoisotopic (exact) mass is 487 g/mol. The van der Waals surface area contributed by atoms with Crippen molar-refractivity contribution in [2.24, 2.45) is 0 Å². The number of imidazole rings is 1. The van der Waals surface area contributed by atoms with E-state index < -0.39 is 17.0 Å². The normalized spacial score (nSPS) is 16.8. The quantitative estimate of drug-likeness (QED) is 0.416. The highest BCUT2D eigenvalue weighted by molar-refractivity contribution is 7.80. The molecule has 1 aliphatic rings. The van der Waals surface area contributed by atoms with Gasteiger partial charge in [0.25, 0.3) is 0 Å². The molecule has 3 aromatic heterocycles. The minimum atomic E-state index is -1.15. The standard InChI is InChI=1S/C21H22FN7O2S2/c1-31-17-13-14(3-4-15(17)22)18-19(29-11-12-32-21(29)27-18)16-5-7-23-20(26-16)24-8-10-28-9-2-6-25-33(28)30/h3-5,7,11-13,25H,2,6,8-10H2,1H3,(H,23,24,26). The molecular formula is C21H22FN7O2S2. The van der Waals surface area contributed by atoms with E-state index in [9.17, 15) is 8.60 Å². The summed E-state index contributed by atoms with van der Waals surface area (Å²) in [7, 11) is 1.44. The van der Waals surface area contributed by atoms with Gasteiger partial charge in [0.1, 0.15) is 5.69 Å². The van der Waals surface area contributed by atoms with Crippen LogP contribution in [0.1, 0.15) is 6.42 Å². The van der Waals surface area contributed by atoms with Crippen LogP contribution in [0, 0.1) is 5.82 Å². The zero-order valence-corrected chi connectivity index (χ0v) is 19.5. The van der Waals surface area contributed by atoms with Crippen LogP contribution in [0.15, 0.2) is 42.0 Å². The summed E-state index contributed by atoms with van der Waals surface area (Å²) in [6.07, 6.45) is 4.58. The summed E-state index contributed by atoms with van der Waals surface area (Å²) < 4.78 is 37.9. The fourth-order valence-electron chi connectivity index (χ4n) is 3.69. The summed E-state index contributed by atoms with van der Waals surface area (Å²) in [5, 5.41) is 5.17. The van der Waals surface area contributed by atoms with Gasteiger partial charge in [0.05, 0.1) is 18.5 Å². The number of aromatic nitrogens is 4. The number of rotatable bonds is 7. The fraction of sp³-hybridized carbons (Fsp3) is 0.286. The van der Waals surface area contributed by atoms with Crippen LogP contribution >= 0.6 is 11.3 Å². The molecule has 0 saturated carbocycles. The Morgan fingerprint density at radius 3 is 3.09 bits per heavy atom. The Morgan fingerprint density at radius 2 is 2.24 bits per heavy atom. The molecule has 0 aliphatic carbocycles. The van der Waals surface area contributed by atoms with E-state index in [1.165, 1.54) is 24.5 Å². The number of benzene rings is 1. The smallest absolute Gasteiger partial charge is 0.223 e.